The molecule has 3 rings (SSSR count). The molecule has 0 aliphatic rings. The predicted molar refractivity (Wildman–Crippen MR) is 120 cm³/mol. The van der Waals surface area contributed by atoms with Crippen LogP contribution in [-0.4, -0.2) is 26.0 Å². The Kier molecular flexibility index (Phi) is 6.71. The Balaban J connectivity index is 1.92. The van der Waals surface area contributed by atoms with Gasteiger partial charge in [-0.15, -0.1) is 0 Å². The number of nitrogens with one attached hydrogen (secondary N) is 1. The third-order valence-electron chi connectivity index (χ3n) is 4.70. The number of aryl methyl sites for hydroxylation is 4. The van der Waals surface area contributed by atoms with Gasteiger partial charge in [-0.05, 0) is 68.7 Å². The van der Waals surface area contributed by atoms with E-state index in [0.29, 0.717) is 10.7 Å². The number of benzene rings is 2. The van der Waals surface area contributed by atoms with Gasteiger partial charge in [0.1, 0.15) is 12.2 Å². The van der Waals surface area contributed by atoms with E-state index in [9.17, 15) is 13.2 Å². The summed E-state index contributed by atoms with van der Waals surface area (Å²) in [4.78, 5) is 12.7. The summed E-state index contributed by atoms with van der Waals surface area (Å²) in [6.45, 7) is 6.71. The van der Waals surface area contributed by atoms with Gasteiger partial charge in [0.05, 0.1) is 5.69 Å². The number of nitrogens with zero attached hydrogens (tertiary/aromatic N) is 2. The lowest BCUT2D eigenvalue weighted by molar-refractivity contribution is -0.119. The zero-order valence-electron chi connectivity index (χ0n) is 17.8. The molecule has 0 aliphatic carbocycles. The predicted octanol–water partition coefficient (Wildman–Crippen LogP) is 4.07. The van der Waals surface area contributed by atoms with E-state index in [4.69, 9.17) is 16.1 Å². The second kappa shape index (κ2) is 9.11. The minimum Gasteiger partial charge on any atom is -0.360 e. The summed E-state index contributed by atoms with van der Waals surface area (Å²) in [5.41, 5.74) is 3.27. The molecule has 7 nitrogen and oxygen atoms in total. The van der Waals surface area contributed by atoms with Crippen molar-refractivity contribution >= 4 is 33.2 Å². The molecular weight excluding hydrogens is 438 g/mol. The van der Waals surface area contributed by atoms with Crippen LogP contribution < -0.4 is 9.62 Å². The summed E-state index contributed by atoms with van der Waals surface area (Å²) >= 11 is 5.89. The van der Waals surface area contributed by atoms with Gasteiger partial charge < -0.3 is 9.84 Å². The van der Waals surface area contributed by atoms with Crippen molar-refractivity contribution in [2.24, 2.45) is 0 Å². The van der Waals surface area contributed by atoms with Crippen LogP contribution >= 0.6 is 11.6 Å². The van der Waals surface area contributed by atoms with E-state index >= 15 is 0 Å². The zero-order chi connectivity index (χ0) is 22.8. The Labute approximate surface area is 187 Å². The van der Waals surface area contributed by atoms with E-state index in [0.717, 1.165) is 21.0 Å². The van der Waals surface area contributed by atoms with Crippen molar-refractivity contribution in [1.82, 2.24) is 10.5 Å². The molecule has 2 aromatic carbocycles. The number of anilines is 1. The van der Waals surface area contributed by atoms with Crippen LogP contribution in [0, 0.1) is 27.7 Å². The molecular formula is C22H24ClN3O4S. The number of hydrogen-bond donors (Lipinski definition) is 1. The van der Waals surface area contributed by atoms with Gasteiger partial charge in [-0.1, -0.05) is 35.0 Å². The average molecular weight is 462 g/mol. The Morgan fingerprint density at radius 2 is 1.68 bits per heavy atom. The van der Waals surface area contributed by atoms with Gasteiger partial charge in [0.25, 0.3) is 10.0 Å². The maximum absolute atomic E-state index is 13.5. The maximum Gasteiger partial charge on any atom is 0.270 e. The summed E-state index contributed by atoms with van der Waals surface area (Å²) < 4.78 is 33.2. The van der Waals surface area contributed by atoms with Gasteiger partial charge in [0.15, 0.2) is 10.7 Å². The molecule has 1 heterocycles. The van der Waals surface area contributed by atoms with E-state index in [-0.39, 0.29) is 29.4 Å². The highest BCUT2D eigenvalue weighted by Crippen LogP contribution is 2.29. The van der Waals surface area contributed by atoms with Crippen molar-refractivity contribution in [2.75, 3.05) is 10.8 Å². The van der Waals surface area contributed by atoms with Crippen LogP contribution in [-0.2, 0) is 21.4 Å². The number of sulfonamides is 1. The Hall–Kier alpha value is -2.84. The molecule has 0 radical (unpaired) electrons. The van der Waals surface area contributed by atoms with Gasteiger partial charge in [0.2, 0.25) is 5.91 Å². The van der Waals surface area contributed by atoms with E-state index in [1.807, 2.05) is 19.9 Å². The van der Waals surface area contributed by atoms with Crippen molar-refractivity contribution in [3.63, 3.8) is 0 Å². The summed E-state index contributed by atoms with van der Waals surface area (Å²) in [5.74, 6) is -0.266. The second-order valence-corrected chi connectivity index (χ2v) is 9.65. The summed E-state index contributed by atoms with van der Waals surface area (Å²) in [6, 6.07) is 12.4. The molecule has 0 saturated heterocycles. The molecule has 0 saturated carbocycles. The molecule has 9 heteroatoms. The van der Waals surface area contributed by atoms with E-state index in [2.05, 4.69) is 10.5 Å². The molecule has 0 bridgehead atoms. The standard InChI is InChI=1S/C22H24ClN3O4S/c1-14-9-15(2)11-20(10-14)26(31(28,29)22-16(3)25-30-17(22)4)13-21(27)24-12-18-5-7-19(23)8-6-18/h5-11H,12-13H2,1-4H3,(H,24,27). The SMILES string of the molecule is Cc1cc(C)cc(N(CC(=O)NCc2ccc(Cl)cc2)S(=O)(=O)c2c(C)noc2C)c1. The first-order valence-corrected chi connectivity index (χ1v) is 11.4. The van der Waals surface area contributed by atoms with Crippen LogP contribution in [0.1, 0.15) is 28.1 Å². The molecule has 31 heavy (non-hydrogen) atoms. The largest absolute Gasteiger partial charge is 0.360 e. The highest BCUT2D eigenvalue weighted by Gasteiger charge is 2.33. The molecule has 0 fully saturated rings. The monoisotopic (exact) mass is 461 g/mol. The topological polar surface area (TPSA) is 92.5 Å². The number of halogens is 1. The summed E-state index contributed by atoms with van der Waals surface area (Å²) in [5, 5.41) is 7.13. The lowest BCUT2D eigenvalue weighted by Crippen LogP contribution is -2.41. The summed E-state index contributed by atoms with van der Waals surface area (Å²) in [6.07, 6.45) is 0. The Bertz CT molecular complexity index is 1160. The van der Waals surface area contributed by atoms with Crippen molar-refractivity contribution in [2.45, 2.75) is 39.1 Å². The number of carbonyl (C=O) groups is 1. The van der Waals surface area contributed by atoms with Crippen LogP contribution in [0.4, 0.5) is 5.69 Å². The third kappa shape index (κ3) is 5.26. The second-order valence-electron chi connectivity index (χ2n) is 7.41. The van der Waals surface area contributed by atoms with Gasteiger partial charge in [0, 0.05) is 11.6 Å². The van der Waals surface area contributed by atoms with Gasteiger partial charge in [-0.25, -0.2) is 8.42 Å². The van der Waals surface area contributed by atoms with E-state index in [1.165, 1.54) is 6.92 Å². The van der Waals surface area contributed by atoms with Gasteiger partial charge >= 0.3 is 0 Å². The van der Waals surface area contributed by atoms with Crippen LogP contribution in [0.5, 0.6) is 0 Å². The van der Waals surface area contributed by atoms with E-state index < -0.39 is 15.9 Å². The average Bonchev–Trinajstić information content (AvgIpc) is 3.03. The van der Waals surface area contributed by atoms with Crippen LogP contribution in [0.2, 0.25) is 5.02 Å². The first-order chi connectivity index (χ1) is 14.6. The van der Waals surface area contributed by atoms with Crippen molar-refractivity contribution in [3.8, 4) is 0 Å². The highest BCUT2D eigenvalue weighted by atomic mass is 35.5. The molecule has 3 aromatic rings. The number of amides is 1. The van der Waals surface area contributed by atoms with E-state index in [1.54, 1.807) is 43.3 Å². The van der Waals surface area contributed by atoms with Gasteiger partial charge in [-0.3, -0.25) is 9.10 Å². The molecule has 0 atom stereocenters. The van der Waals surface area contributed by atoms with Crippen LogP contribution in [0.25, 0.3) is 0 Å². The van der Waals surface area contributed by atoms with Crippen molar-refractivity contribution in [1.29, 1.82) is 0 Å². The fraction of sp³-hybridized carbons (Fsp3) is 0.273. The van der Waals surface area contributed by atoms with Crippen LogP contribution in [0.15, 0.2) is 51.9 Å². The minimum atomic E-state index is -4.09. The fourth-order valence-electron chi connectivity index (χ4n) is 3.35. The Morgan fingerprint density at radius 3 is 2.23 bits per heavy atom. The quantitative estimate of drug-likeness (QED) is 0.572. The molecule has 1 aromatic heterocycles. The van der Waals surface area contributed by atoms with Gasteiger partial charge in [-0.2, -0.15) is 0 Å². The zero-order valence-corrected chi connectivity index (χ0v) is 19.3. The lowest BCUT2D eigenvalue weighted by Gasteiger charge is -2.24. The smallest absolute Gasteiger partial charge is 0.270 e. The normalized spacial score (nSPS) is 11.4. The first kappa shape index (κ1) is 22.8. The van der Waals surface area contributed by atoms with Crippen LogP contribution in [0.3, 0.4) is 0 Å². The molecule has 0 spiro atoms. The number of hydrogen-bond acceptors (Lipinski definition) is 5. The molecule has 0 unspecified atom stereocenters. The molecule has 164 valence electrons. The molecule has 1 amide bonds. The fourth-order valence-corrected chi connectivity index (χ4v) is 5.18. The Morgan fingerprint density at radius 1 is 1.06 bits per heavy atom. The first-order valence-electron chi connectivity index (χ1n) is 9.63. The van der Waals surface area contributed by atoms with Crippen molar-refractivity contribution < 1.29 is 17.7 Å². The number of rotatable bonds is 7. The highest BCUT2D eigenvalue weighted by molar-refractivity contribution is 7.93. The molecule has 1 N–H and O–H groups in total. The number of carbonyl (C=O) groups excluding carboxylic acids is 1. The molecule has 0 aliphatic heterocycles. The minimum absolute atomic E-state index is 0.0304. The lowest BCUT2D eigenvalue weighted by atomic mass is 10.1. The third-order valence-corrected chi connectivity index (χ3v) is 6.97. The number of aromatic nitrogens is 1. The maximum atomic E-state index is 13.5. The van der Waals surface area contributed by atoms with Crippen molar-refractivity contribution in [3.05, 3.63) is 75.6 Å². The summed E-state index contributed by atoms with van der Waals surface area (Å²) in [7, 11) is -4.09.